The Morgan fingerprint density at radius 2 is 0.750 bits per heavy atom. The van der Waals surface area contributed by atoms with Crippen molar-refractivity contribution in [2.45, 2.75) is 104 Å². The predicted octanol–water partition coefficient (Wildman–Crippen LogP) is 2.06. The number of hydrogen-bond acceptors (Lipinski definition) is 0. The summed E-state index contributed by atoms with van der Waals surface area (Å²) in [4.78, 5) is 0. The largest absolute Gasteiger partial charge is 1.00 e. The van der Waals surface area contributed by atoms with Crippen molar-refractivity contribution in [1.29, 1.82) is 0 Å². The van der Waals surface area contributed by atoms with Gasteiger partial charge in [0.15, 0.2) is 0 Å². The van der Waals surface area contributed by atoms with E-state index >= 15 is 0 Å². The van der Waals surface area contributed by atoms with Gasteiger partial charge in [-0.25, -0.2) is 0 Å². The van der Waals surface area contributed by atoms with Crippen molar-refractivity contribution in [2.75, 3.05) is 13.1 Å². The van der Waals surface area contributed by atoms with Gasteiger partial charge in [0.1, 0.15) is 0 Å². The van der Waals surface area contributed by atoms with Crippen molar-refractivity contribution < 1.29 is 10.0 Å². The number of unbranched alkanes of at least 4 members (excludes halogenated alkanes) is 12. The van der Waals surface area contributed by atoms with Gasteiger partial charge in [-0.1, -0.05) is 78.1 Å². The minimum Gasteiger partial charge on any atom is -1.00 e. The van der Waals surface area contributed by atoms with Crippen LogP contribution in [0.25, 0.3) is 0 Å². The number of nitrogens with two attached hydrogens (primary N) is 1. The molecule has 1 nitrogen and oxygen atoms in total. The van der Waals surface area contributed by atoms with Gasteiger partial charge in [-0.3, -0.25) is 0 Å². The third kappa shape index (κ3) is 20.2. The average Bonchev–Trinajstić information content (AvgIpc) is 2.43. The van der Waals surface area contributed by atoms with Crippen LogP contribution in [-0.4, -0.2) is 13.1 Å². The molecule has 0 fully saturated rings. The summed E-state index contributed by atoms with van der Waals surface area (Å²) >= 11 is 0. The lowest BCUT2D eigenvalue weighted by Gasteiger charge is -2.03. The fourth-order valence-corrected chi connectivity index (χ4v) is 2.64. The summed E-state index contributed by atoms with van der Waals surface area (Å²) in [6, 6.07) is 0. The van der Waals surface area contributed by atoms with Crippen molar-refractivity contribution in [3.8, 4) is 0 Å². The molecule has 0 aliphatic carbocycles. The maximum absolute atomic E-state index is 2.54. The molecule has 0 amide bonds. The zero-order chi connectivity index (χ0) is 14.0. The highest BCUT2D eigenvalue weighted by atomic mass is 19.0. The molecule has 0 radical (unpaired) electrons. The van der Waals surface area contributed by atoms with Gasteiger partial charge in [0, 0.05) is 0 Å². The first-order valence-corrected chi connectivity index (χ1v) is 9.23. The summed E-state index contributed by atoms with van der Waals surface area (Å²) in [5.41, 5.74) is 0. The molecular weight excluding hydrogens is 249 g/mol. The molecule has 0 heterocycles. The summed E-state index contributed by atoms with van der Waals surface area (Å²) in [5.74, 6) is 0. The number of halogens is 1. The van der Waals surface area contributed by atoms with Crippen LogP contribution in [0.15, 0.2) is 0 Å². The van der Waals surface area contributed by atoms with Crippen LogP contribution in [0.1, 0.15) is 104 Å². The molecule has 0 aromatic carbocycles. The SMILES string of the molecule is CCCCCCCCC[NH2+]CCCCCCCCC.[F-]. The van der Waals surface area contributed by atoms with Gasteiger partial charge < -0.3 is 10.0 Å². The lowest BCUT2D eigenvalue weighted by molar-refractivity contribution is -0.655. The van der Waals surface area contributed by atoms with Crippen molar-refractivity contribution in [3.63, 3.8) is 0 Å². The van der Waals surface area contributed by atoms with Gasteiger partial charge in [-0.15, -0.1) is 0 Å². The maximum Gasteiger partial charge on any atom is 0.0755 e. The van der Waals surface area contributed by atoms with Gasteiger partial charge in [0.2, 0.25) is 0 Å². The minimum atomic E-state index is 0. The second-order valence-corrected chi connectivity index (χ2v) is 6.11. The molecule has 20 heavy (non-hydrogen) atoms. The Kier molecular flexibility index (Phi) is 23.5. The van der Waals surface area contributed by atoms with E-state index in [0.29, 0.717) is 0 Å². The van der Waals surface area contributed by atoms with E-state index in [1.807, 2.05) is 0 Å². The van der Waals surface area contributed by atoms with Crippen molar-refractivity contribution >= 4 is 0 Å². The number of hydrogen-bond donors (Lipinski definition) is 1. The Labute approximate surface area is 127 Å². The van der Waals surface area contributed by atoms with Crippen LogP contribution in [0, 0.1) is 0 Å². The van der Waals surface area contributed by atoms with E-state index in [1.165, 1.54) is 103 Å². The molecule has 0 aliphatic rings. The van der Waals surface area contributed by atoms with Crippen molar-refractivity contribution in [3.05, 3.63) is 0 Å². The molecule has 0 rings (SSSR count). The normalized spacial score (nSPS) is 10.5. The highest BCUT2D eigenvalue weighted by molar-refractivity contribution is 4.45. The van der Waals surface area contributed by atoms with Crippen LogP contribution >= 0.6 is 0 Å². The minimum absolute atomic E-state index is 0. The predicted molar refractivity (Wildman–Crippen MR) is 87.6 cm³/mol. The molecule has 0 aliphatic heterocycles. The summed E-state index contributed by atoms with van der Waals surface area (Å²) in [5, 5.41) is 2.54. The van der Waals surface area contributed by atoms with Gasteiger partial charge in [0.05, 0.1) is 13.1 Å². The zero-order valence-electron chi connectivity index (χ0n) is 14.3. The fraction of sp³-hybridized carbons (Fsp3) is 1.00. The van der Waals surface area contributed by atoms with Crippen LogP contribution in [0.3, 0.4) is 0 Å². The Balaban J connectivity index is 0. The fourth-order valence-electron chi connectivity index (χ4n) is 2.64. The van der Waals surface area contributed by atoms with Crippen LogP contribution < -0.4 is 10.0 Å². The molecule has 0 bridgehead atoms. The zero-order valence-corrected chi connectivity index (χ0v) is 14.3. The Bertz CT molecular complexity index is 134. The van der Waals surface area contributed by atoms with Crippen molar-refractivity contribution in [1.82, 2.24) is 0 Å². The molecule has 0 aromatic heterocycles. The van der Waals surface area contributed by atoms with Crippen LogP contribution in [0.4, 0.5) is 0 Å². The number of quaternary nitrogens is 1. The molecule has 0 atom stereocenters. The highest BCUT2D eigenvalue weighted by Crippen LogP contribution is 2.06. The van der Waals surface area contributed by atoms with E-state index in [1.54, 1.807) is 0 Å². The molecule has 0 unspecified atom stereocenters. The summed E-state index contributed by atoms with van der Waals surface area (Å²) in [6.07, 6.45) is 20.1. The van der Waals surface area contributed by atoms with E-state index in [0.717, 1.165) is 0 Å². The lowest BCUT2D eigenvalue weighted by atomic mass is 10.1. The lowest BCUT2D eigenvalue weighted by Crippen LogP contribution is -3.00. The first kappa shape index (κ1) is 22.2. The molecule has 0 saturated carbocycles. The monoisotopic (exact) mass is 289 g/mol. The van der Waals surface area contributed by atoms with E-state index in [4.69, 9.17) is 0 Å². The molecule has 0 aromatic rings. The Morgan fingerprint density at radius 3 is 1.10 bits per heavy atom. The van der Waals surface area contributed by atoms with E-state index in [2.05, 4.69) is 19.2 Å². The second-order valence-electron chi connectivity index (χ2n) is 6.11. The average molecular weight is 290 g/mol. The standard InChI is InChI=1S/C18H39N.FH/c1-3-5-7-9-11-13-15-17-19-18-16-14-12-10-8-6-4-2;/h19H,3-18H2,1-2H3;1H. The Morgan fingerprint density at radius 1 is 0.450 bits per heavy atom. The topological polar surface area (TPSA) is 16.6 Å². The summed E-state index contributed by atoms with van der Waals surface area (Å²) in [6.45, 7) is 7.31. The highest BCUT2D eigenvalue weighted by Gasteiger charge is 1.95. The second kappa shape index (κ2) is 21.2. The first-order chi connectivity index (χ1) is 9.41. The maximum atomic E-state index is 2.54. The van der Waals surface area contributed by atoms with Gasteiger partial charge in [-0.2, -0.15) is 0 Å². The molecule has 124 valence electrons. The van der Waals surface area contributed by atoms with Crippen molar-refractivity contribution in [2.24, 2.45) is 0 Å². The summed E-state index contributed by atoms with van der Waals surface area (Å²) < 4.78 is 0. The van der Waals surface area contributed by atoms with Gasteiger partial charge >= 0.3 is 0 Å². The van der Waals surface area contributed by atoms with E-state index in [-0.39, 0.29) is 4.70 Å². The number of rotatable bonds is 16. The van der Waals surface area contributed by atoms with Gasteiger partial charge in [0.25, 0.3) is 0 Å². The summed E-state index contributed by atoms with van der Waals surface area (Å²) in [7, 11) is 0. The third-order valence-electron chi connectivity index (χ3n) is 4.02. The quantitative estimate of drug-likeness (QED) is 0.419. The molecule has 0 saturated heterocycles. The van der Waals surface area contributed by atoms with Crippen LogP contribution in [-0.2, 0) is 0 Å². The van der Waals surface area contributed by atoms with Crippen LogP contribution in [0.2, 0.25) is 0 Å². The molecular formula is C18H40FN. The molecule has 0 spiro atoms. The van der Waals surface area contributed by atoms with E-state index in [9.17, 15) is 0 Å². The molecule has 2 heteroatoms. The molecule has 2 N–H and O–H groups in total. The van der Waals surface area contributed by atoms with Crippen LogP contribution in [0.5, 0.6) is 0 Å². The van der Waals surface area contributed by atoms with Gasteiger partial charge in [-0.05, 0) is 25.7 Å². The Hall–Kier alpha value is -0.110. The smallest absolute Gasteiger partial charge is 0.0755 e. The van der Waals surface area contributed by atoms with E-state index < -0.39 is 0 Å². The third-order valence-corrected chi connectivity index (χ3v) is 4.02. The first-order valence-electron chi connectivity index (χ1n) is 9.23.